The highest BCUT2D eigenvalue weighted by Crippen LogP contribution is 2.31. The van der Waals surface area contributed by atoms with Crippen molar-refractivity contribution in [1.29, 1.82) is 0 Å². The molecule has 1 aromatic heterocycles. The molecule has 0 bridgehead atoms. The zero-order valence-corrected chi connectivity index (χ0v) is 21.9. The number of thiazole rings is 1. The van der Waals surface area contributed by atoms with Crippen LogP contribution < -0.4 is 9.64 Å². The fourth-order valence-electron chi connectivity index (χ4n) is 3.80. The normalized spacial score (nSPS) is 15.0. The second-order valence-corrected chi connectivity index (χ2v) is 11.9. The Morgan fingerprint density at radius 1 is 1.17 bits per heavy atom. The molecule has 10 heteroatoms. The standard InChI is InChI=1S/C25H31N3O5S2/c1-18(2)19-4-6-20(7-5-19)33-17-24(29)28(11-10-27-12-14-32-15-13-27)25-26-22-9-8-21(35(3,30)31)16-23(22)34-25/h4-9,16,18H,10-15,17H2,1-3H3. The first-order chi connectivity index (χ1) is 16.7. The zero-order chi connectivity index (χ0) is 25.0. The maximum absolute atomic E-state index is 13.3. The molecule has 2 heterocycles. The van der Waals surface area contributed by atoms with Gasteiger partial charge in [-0.1, -0.05) is 37.3 Å². The van der Waals surface area contributed by atoms with Gasteiger partial charge in [-0.15, -0.1) is 0 Å². The molecule has 0 unspecified atom stereocenters. The number of carbonyl (C=O) groups is 1. The minimum Gasteiger partial charge on any atom is -0.484 e. The van der Waals surface area contributed by atoms with E-state index in [1.165, 1.54) is 23.2 Å². The summed E-state index contributed by atoms with van der Waals surface area (Å²) in [6.07, 6.45) is 1.18. The van der Waals surface area contributed by atoms with Gasteiger partial charge in [0, 0.05) is 32.4 Å². The summed E-state index contributed by atoms with van der Waals surface area (Å²) in [4.78, 5) is 22.1. The Morgan fingerprint density at radius 2 is 1.89 bits per heavy atom. The number of ether oxygens (including phenoxy) is 2. The Morgan fingerprint density at radius 3 is 2.54 bits per heavy atom. The Balaban J connectivity index is 1.53. The van der Waals surface area contributed by atoms with E-state index in [-0.39, 0.29) is 17.4 Å². The molecule has 1 saturated heterocycles. The molecule has 0 saturated carbocycles. The lowest BCUT2D eigenvalue weighted by molar-refractivity contribution is -0.120. The van der Waals surface area contributed by atoms with Gasteiger partial charge in [0.15, 0.2) is 21.6 Å². The molecule has 188 valence electrons. The van der Waals surface area contributed by atoms with E-state index in [2.05, 4.69) is 23.7 Å². The number of hydrogen-bond acceptors (Lipinski definition) is 8. The number of aromatic nitrogens is 1. The van der Waals surface area contributed by atoms with Gasteiger partial charge in [0.25, 0.3) is 5.91 Å². The van der Waals surface area contributed by atoms with Crippen LogP contribution in [0.2, 0.25) is 0 Å². The predicted octanol–water partition coefficient (Wildman–Crippen LogP) is 3.57. The van der Waals surface area contributed by atoms with E-state index in [0.29, 0.717) is 48.6 Å². The number of rotatable bonds is 9. The molecular weight excluding hydrogens is 486 g/mol. The van der Waals surface area contributed by atoms with Crippen molar-refractivity contribution >= 4 is 42.4 Å². The second-order valence-electron chi connectivity index (χ2n) is 8.91. The Bertz CT molecular complexity index is 1270. The number of fused-ring (bicyclic) bond motifs is 1. The van der Waals surface area contributed by atoms with E-state index in [1.54, 1.807) is 23.1 Å². The van der Waals surface area contributed by atoms with Crippen molar-refractivity contribution in [2.24, 2.45) is 0 Å². The van der Waals surface area contributed by atoms with Crippen molar-refractivity contribution in [3.63, 3.8) is 0 Å². The Labute approximate surface area is 210 Å². The topological polar surface area (TPSA) is 89.0 Å². The molecule has 0 N–H and O–H groups in total. The molecule has 0 aliphatic carbocycles. The quantitative estimate of drug-likeness (QED) is 0.429. The van der Waals surface area contributed by atoms with E-state index in [4.69, 9.17) is 9.47 Å². The van der Waals surface area contributed by atoms with Crippen molar-refractivity contribution < 1.29 is 22.7 Å². The molecule has 0 radical (unpaired) electrons. The summed E-state index contributed by atoms with van der Waals surface area (Å²) in [7, 11) is -3.33. The smallest absolute Gasteiger partial charge is 0.266 e. The van der Waals surface area contributed by atoms with Gasteiger partial charge in [0.1, 0.15) is 5.75 Å². The summed E-state index contributed by atoms with van der Waals surface area (Å²) >= 11 is 1.31. The van der Waals surface area contributed by atoms with Gasteiger partial charge in [0.2, 0.25) is 0 Å². The minimum absolute atomic E-state index is 0.116. The lowest BCUT2D eigenvalue weighted by Gasteiger charge is -2.29. The fourth-order valence-corrected chi connectivity index (χ4v) is 5.57. The van der Waals surface area contributed by atoms with Gasteiger partial charge in [-0.2, -0.15) is 0 Å². The Kier molecular flexibility index (Phi) is 8.05. The summed E-state index contributed by atoms with van der Waals surface area (Å²) < 4.78 is 35.9. The van der Waals surface area contributed by atoms with Crippen molar-refractivity contribution in [3.8, 4) is 5.75 Å². The number of benzene rings is 2. The second kappa shape index (κ2) is 11.0. The molecule has 4 rings (SSSR count). The van der Waals surface area contributed by atoms with Crippen LogP contribution in [0.3, 0.4) is 0 Å². The average molecular weight is 518 g/mol. The number of amides is 1. The molecule has 35 heavy (non-hydrogen) atoms. The predicted molar refractivity (Wildman–Crippen MR) is 138 cm³/mol. The van der Waals surface area contributed by atoms with Crippen LogP contribution in [0.25, 0.3) is 10.2 Å². The van der Waals surface area contributed by atoms with E-state index < -0.39 is 9.84 Å². The number of carbonyl (C=O) groups excluding carboxylic acids is 1. The van der Waals surface area contributed by atoms with Crippen molar-refractivity contribution in [1.82, 2.24) is 9.88 Å². The molecule has 8 nitrogen and oxygen atoms in total. The minimum atomic E-state index is -3.33. The molecule has 1 aliphatic heterocycles. The van der Waals surface area contributed by atoms with Crippen LogP contribution in [0.5, 0.6) is 5.75 Å². The van der Waals surface area contributed by atoms with E-state index >= 15 is 0 Å². The number of hydrogen-bond donors (Lipinski definition) is 0. The Hall–Kier alpha value is -2.53. The van der Waals surface area contributed by atoms with Crippen molar-refractivity contribution in [2.75, 3.05) is 57.2 Å². The molecule has 1 aliphatic rings. The van der Waals surface area contributed by atoms with E-state index in [0.717, 1.165) is 17.8 Å². The molecular formula is C25H31N3O5S2. The van der Waals surface area contributed by atoms with Crippen molar-refractivity contribution in [2.45, 2.75) is 24.7 Å². The maximum Gasteiger partial charge on any atom is 0.266 e. The molecule has 0 spiro atoms. The van der Waals surface area contributed by atoms with Gasteiger partial charge in [0.05, 0.1) is 28.3 Å². The molecule has 3 aromatic rings. The SMILES string of the molecule is CC(C)c1ccc(OCC(=O)N(CCN2CCOCC2)c2nc3ccc(S(C)(=O)=O)cc3s2)cc1. The fraction of sp³-hybridized carbons (Fsp3) is 0.440. The van der Waals surface area contributed by atoms with Crippen LogP contribution in [0, 0.1) is 0 Å². The maximum atomic E-state index is 13.3. The third-order valence-electron chi connectivity index (χ3n) is 5.96. The van der Waals surface area contributed by atoms with E-state index in [1.807, 2.05) is 24.3 Å². The largest absolute Gasteiger partial charge is 0.484 e. The van der Waals surface area contributed by atoms with Gasteiger partial charge >= 0.3 is 0 Å². The summed E-state index contributed by atoms with van der Waals surface area (Å²) in [6.45, 7) is 8.27. The van der Waals surface area contributed by atoms with Crippen LogP contribution in [-0.4, -0.2) is 76.5 Å². The first kappa shape index (κ1) is 25.6. The highest BCUT2D eigenvalue weighted by atomic mass is 32.2. The number of nitrogens with zero attached hydrogens (tertiary/aromatic N) is 3. The van der Waals surface area contributed by atoms with E-state index in [9.17, 15) is 13.2 Å². The van der Waals surface area contributed by atoms with Crippen LogP contribution in [0.15, 0.2) is 47.4 Å². The summed E-state index contributed by atoms with van der Waals surface area (Å²) in [5.41, 5.74) is 1.87. The van der Waals surface area contributed by atoms with Gasteiger partial charge < -0.3 is 9.47 Å². The highest BCUT2D eigenvalue weighted by molar-refractivity contribution is 7.90. The van der Waals surface area contributed by atoms with Crippen molar-refractivity contribution in [3.05, 3.63) is 48.0 Å². The lowest BCUT2D eigenvalue weighted by Crippen LogP contribution is -2.44. The third kappa shape index (κ3) is 6.58. The molecule has 1 amide bonds. The summed E-state index contributed by atoms with van der Waals surface area (Å²) in [5.74, 6) is 0.857. The first-order valence-corrected chi connectivity index (χ1v) is 14.4. The third-order valence-corrected chi connectivity index (χ3v) is 8.11. The van der Waals surface area contributed by atoms with Gasteiger partial charge in [-0.25, -0.2) is 13.4 Å². The average Bonchev–Trinajstić information content (AvgIpc) is 3.26. The highest BCUT2D eigenvalue weighted by Gasteiger charge is 2.23. The first-order valence-electron chi connectivity index (χ1n) is 11.6. The van der Waals surface area contributed by atoms with Crippen LogP contribution in [0.1, 0.15) is 25.3 Å². The van der Waals surface area contributed by atoms with Gasteiger partial charge in [-0.3, -0.25) is 14.6 Å². The zero-order valence-electron chi connectivity index (χ0n) is 20.3. The summed E-state index contributed by atoms with van der Waals surface area (Å²) in [6, 6.07) is 12.6. The van der Waals surface area contributed by atoms with Crippen LogP contribution >= 0.6 is 11.3 Å². The monoisotopic (exact) mass is 517 g/mol. The number of morpholine rings is 1. The number of anilines is 1. The molecule has 1 fully saturated rings. The van der Waals surface area contributed by atoms with Crippen LogP contribution in [0.4, 0.5) is 5.13 Å². The molecule has 2 aromatic carbocycles. The van der Waals surface area contributed by atoms with Gasteiger partial charge in [-0.05, 0) is 41.8 Å². The number of sulfone groups is 1. The summed E-state index contributed by atoms with van der Waals surface area (Å²) in [5, 5.41) is 0.530. The van der Waals surface area contributed by atoms with Crippen LogP contribution in [-0.2, 0) is 19.4 Å². The lowest BCUT2D eigenvalue weighted by atomic mass is 10.0. The molecule has 0 atom stereocenters.